The first-order valence-corrected chi connectivity index (χ1v) is 8.40. The second-order valence-electron chi connectivity index (χ2n) is 5.78. The summed E-state index contributed by atoms with van der Waals surface area (Å²) in [6, 6.07) is 0. The number of nitrogens with one attached hydrogen (secondary N) is 1. The summed E-state index contributed by atoms with van der Waals surface area (Å²) in [6.45, 7) is 0. The number of rotatable bonds is 5. The van der Waals surface area contributed by atoms with Crippen molar-refractivity contribution in [1.29, 1.82) is 0 Å². The summed E-state index contributed by atoms with van der Waals surface area (Å²) in [6.07, 6.45) is 8.27. The normalized spacial score (nSPS) is 28.2. The van der Waals surface area contributed by atoms with Gasteiger partial charge >= 0.3 is 5.97 Å². The Hall–Kier alpha value is -0.710. The Morgan fingerprint density at radius 3 is 2.58 bits per heavy atom. The van der Waals surface area contributed by atoms with E-state index in [2.05, 4.69) is 5.32 Å². The molecule has 0 aromatic carbocycles. The van der Waals surface area contributed by atoms with Crippen LogP contribution in [0.2, 0.25) is 0 Å². The molecule has 5 heteroatoms. The zero-order chi connectivity index (χ0) is 13.7. The van der Waals surface area contributed by atoms with Gasteiger partial charge in [0, 0.05) is 12.2 Å². The molecule has 1 aliphatic heterocycles. The van der Waals surface area contributed by atoms with Crippen LogP contribution in [0.15, 0.2) is 0 Å². The molecule has 1 saturated heterocycles. The van der Waals surface area contributed by atoms with E-state index in [9.17, 15) is 14.7 Å². The molecule has 1 unspecified atom stereocenters. The number of hydrogen-bond donors (Lipinski definition) is 2. The van der Waals surface area contributed by atoms with Crippen LogP contribution >= 0.6 is 11.8 Å². The third kappa shape index (κ3) is 3.88. The van der Waals surface area contributed by atoms with Crippen LogP contribution < -0.4 is 5.32 Å². The van der Waals surface area contributed by atoms with Gasteiger partial charge in [-0.25, -0.2) is 4.79 Å². The maximum Gasteiger partial charge on any atom is 0.330 e. The van der Waals surface area contributed by atoms with Crippen molar-refractivity contribution < 1.29 is 14.7 Å². The molecule has 0 aromatic rings. The Morgan fingerprint density at radius 1 is 1.26 bits per heavy atom. The quantitative estimate of drug-likeness (QED) is 0.814. The molecule has 108 valence electrons. The fraction of sp³-hybridized carbons (Fsp3) is 0.857. The second-order valence-corrected chi connectivity index (χ2v) is 6.89. The van der Waals surface area contributed by atoms with E-state index < -0.39 is 11.5 Å². The Balaban J connectivity index is 1.78. The lowest BCUT2D eigenvalue weighted by molar-refractivity contribution is -0.146. The molecule has 2 aliphatic rings. The van der Waals surface area contributed by atoms with Gasteiger partial charge in [0.25, 0.3) is 0 Å². The fourth-order valence-electron chi connectivity index (χ4n) is 3.03. The van der Waals surface area contributed by atoms with Crippen LogP contribution in [0.1, 0.15) is 51.4 Å². The first kappa shape index (κ1) is 14.7. The van der Waals surface area contributed by atoms with E-state index in [1.807, 2.05) is 0 Å². The molecule has 0 aromatic heterocycles. The molecule has 1 saturated carbocycles. The third-order valence-electron chi connectivity index (χ3n) is 4.31. The second kappa shape index (κ2) is 6.64. The van der Waals surface area contributed by atoms with Crippen molar-refractivity contribution in [2.24, 2.45) is 5.92 Å². The van der Waals surface area contributed by atoms with Crippen molar-refractivity contribution in [3.05, 3.63) is 0 Å². The summed E-state index contributed by atoms with van der Waals surface area (Å²) in [4.78, 5) is 23.3. The van der Waals surface area contributed by atoms with E-state index in [-0.39, 0.29) is 5.91 Å². The number of carboxylic acids is 1. The Bertz CT molecular complexity index is 334. The van der Waals surface area contributed by atoms with E-state index >= 15 is 0 Å². The number of thioether (sulfide) groups is 1. The Morgan fingerprint density at radius 2 is 2.00 bits per heavy atom. The highest BCUT2D eigenvalue weighted by Crippen LogP contribution is 2.30. The van der Waals surface area contributed by atoms with Crippen LogP contribution in [-0.4, -0.2) is 34.0 Å². The molecule has 1 amide bonds. The zero-order valence-electron chi connectivity index (χ0n) is 11.3. The van der Waals surface area contributed by atoms with Crippen molar-refractivity contribution in [3.8, 4) is 0 Å². The molecule has 0 spiro atoms. The average molecular weight is 285 g/mol. The van der Waals surface area contributed by atoms with E-state index in [1.165, 1.54) is 32.1 Å². The highest BCUT2D eigenvalue weighted by Gasteiger charge is 2.43. The smallest absolute Gasteiger partial charge is 0.330 e. The summed E-state index contributed by atoms with van der Waals surface area (Å²) in [5, 5.41) is 12.1. The summed E-state index contributed by atoms with van der Waals surface area (Å²) in [5.41, 5.74) is -1.01. The molecule has 4 nitrogen and oxygen atoms in total. The SMILES string of the molecule is O=C(CCC1CCCCC1)NC1(C(=O)O)CCSC1. The van der Waals surface area contributed by atoms with Gasteiger partial charge in [0.2, 0.25) is 5.91 Å². The van der Waals surface area contributed by atoms with Gasteiger partial charge in [-0.15, -0.1) is 0 Å². The molecular weight excluding hydrogens is 262 g/mol. The van der Waals surface area contributed by atoms with Crippen LogP contribution in [0.25, 0.3) is 0 Å². The minimum absolute atomic E-state index is 0.0875. The van der Waals surface area contributed by atoms with Gasteiger partial charge in [0.05, 0.1) is 0 Å². The molecule has 1 heterocycles. The van der Waals surface area contributed by atoms with E-state index in [1.54, 1.807) is 11.8 Å². The van der Waals surface area contributed by atoms with E-state index in [4.69, 9.17) is 0 Å². The molecule has 1 aliphatic carbocycles. The molecule has 1 atom stereocenters. The first-order valence-electron chi connectivity index (χ1n) is 7.24. The topological polar surface area (TPSA) is 66.4 Å². The van der Waals surface area contributed by atoms with Gasteiger partial charge < -0.3 is 10.4 Å². The van der Waals surface area contributed by atoms with Crippen molar-refractivity contribution >= 4 is 23.6 Å². The Labute approximate surface area is 118 Å². The summed E-state index contributed by atoms with van der Waals surface area (Å²) < 4.78 is 0. The van der Waals surface area contributed by atoms with Gasteiger partial charge in [0.1, 0.15) is 5.54 Å². The van der Waals surface area contributed by atoms with Gasteiger partial charge in [0.15, 0.2) is 0 Å². The molecule has 0 radical (unpaired) electrons. The van der Waals surface area contributed by atoms with Crippen LogP contribution in [0.5, 0.6) is 0 Å². The minimum atomic E-state index is -1.01. The largest absolute Gasteiger partial charge is 0.479 e. The van der Waals surface area contributed by atoms with Crippen LogP contribution in [-0.2, 0) is 9.59 Å². The highest BCUT2D eigenvalue weighted by atomic mass is 32.2. The van der Waals surface area contributed by atoms with Crippen molar-refractivity contribution in [1.82, 2.24) is 5.32 Å². The van der Waals surface area contributed by atoms with Gasteiger partial charge in [-0.2, -0.15) is 11.8 Å². The lowest BCUT2D eigenvalue weighted by atomic mass is 9.86. The van der Waals surface area contributed by atoms with E-state index in [0.29, 0.717) is 24.5 Å². The summed E-state index contributed by atoms with van der Waals surface area (Å²) in [7, 11) is 0. The molecule has 2 rings (SSSR count). The summed E-state index contributed by atoms with van der Waals surface area (Å²) in [5.74, 6) is 1.00. The molecule has 19 heavy (non-hydrogen) atoms. The lowest BCUT2D eigenvalue weighted by Crippen LogP contribution is -2.54. The maximum absolute atomic E-state index is 12.0. The van der Waals surface area contributed by atoms with Crippen LogP contribution in [0.3, 0.4) is 0 Å². The molecular formula is C14H23NO3S. The fourth-order valence-corrected chi connectivity index (χ4v) is 4.35. The lowest BCUT2D eigenvalue weighted by Gasteiger charge is -2.26. The van der Waals surface area contributed by atoms with E-state index in [0.717, 1.165) is 12.2 Å². The van der Waals surface area contributed by atoms with Crippen LogP contribution in [0, 0.1) is 5.92 Å². The molecule has 2 N–H and O–H groups in total. The molecule has 2 fully saturated rings. The number of carboxylic acid groups (broad SMARTS) is 1. The number of carbonyl (C=O) groups is 2. The number of aliphatic carboxylic acids is 1. The third-order valence-corrected chi connectivity index (χ3v) is 5.50. The highest BCUT2D eigenvalue weighted by molar-refractivity contribution is 7.99. The van der Waals surface area contributed by atoms with Crippen molar-refractivity contribution in [2.45, 2.75) is 56.9 Å². The van der Waals surface area contributed by atoms with Gasteiger partial charge in [-0.3, -0.25) is 4.79 Å². The molecule has 0 bridgehead atoms. The number of carbonyl (C=O) groups excluding carboxylic acids is 1. The van der Waals surface area contributed by atoms with Crippen molar-refractivity contribution in [3.63, 3.8) is 0 Å². The minimum Gasteiger partial charge on any atom is -0.479 e. The van der Waals surface area contributed by atoms with Gasteiger partial charge in [-0.1, -0.05) is 32.1 Å². The average Bonchev–Trinajstić information content (AvgIpc) is 2.87. The predicted molar refractivity (Wildman–Crippen MR) is 76.3 cm³/mol. The summed E-state index contributed by atoms with van der Waals surface area (Å²) >= 11 is 1.60. The van der Waals surface area contributed by atoms with Gasteiger partial charge in [-0.05, 0) is 24.5 Å². The number of amides is 1. The Kier molecular flexibility index (Phi) is 5.13. The monoisotopic (exact) mass is 285 g/mol. The first-order chi connectivity index (χ1) is 9.12. The number of hydrogen-bond acceptors (Lipinski definition) is 3. The standard InChI is InChI=1S/C14H23NO3S/c16-12(7-6-11-4-2-1-3-5-11)15-14(13(17)18)8-9-19-10-14/h11H,1-10H2,(H,15,16)(H,17,18). The van der Waals surface area contributed by atoms with Crippen LogP contribution in [0.4, 0.5) is 0 Å². The zero-order valence-corrected chi connectivity index (χ0v) is 12.1. The maximum atomic E-state index is 12.0. The predicted octanol–water partition coefficient (Wildman–Crippen LogP) is 2.42. The van der Waals surface area contributed by atoms with Crippen molar-refractivity contribution in [2.75, 3.05) is 11.5 Å².